The topological polar surface area (TPSA) is 75.7 Å². The van der Waals surface area contributed by atoms with Crippen molar-refractivity contribution in [2.75, 3.05) is 25.0 Å². The molecule has 2 amide bonds. The summed E-state index contributed by atoms with van der Waals surface area (Å²) in [7, 11) is 0. The zero-order valence-electron chi connectivity index (χ0n) is 14.0. The molecule has 0 radical (unpaired) electrons. The van der Waals surface area contributed by atoms with E-state index < -0.39 is 0 Å². The number of amides is 2. The summed E-state index contributed by atoms with van der Waals surface area (Å²) in [5, 5.41) is 2.72. The summed E-state index contributed by atoms with van der Waals surface area (Å²) >= 11 is 0. The Morgan fingerprint density at radius 1 is 1.25 bits per heavy atom. The normalized spacial score (nSPS) is 18.0. The number of nitrogens with one attached hydrogen (secondary N) is 1. The number of ether oxygens (including phenoxy) is 1. The Labute approximate surface area is 141 Å². The average Bonchev–Trinajstić information content (AvgIpc) is 2.59. The molecule has 0 aliphatic carbocycles. The van der Waals surface area contributed by atoms with E-state index >= 15 is 0 Å². The highest BCUT2D eigenvalue weighted by Gasteiger charge is 2.29. The number of carbonyl (C=O) groups is 3. The highest BCUT2D eigenvalue weighted by Crippen LogP contribution is 2.31. The molecule has 1 fully saturated rings. The van der Waals surface area contributed by atoms with Gasteiger partial charge in [-0.3, -0.25) is 14.4 Å². The van der Waals surface area contributed by atoms with E-state index in [1.54, 1.807) is 18.2 Å². The maximum Gasteiger partial charge on any atom is 0.262 e. The van der Waals surface area contributed by atoms with E-state index in [9.17, 15) is 14.4 Å². The molecule has 1 aromatic rings. The van der Waals surface area contributed by atoms with Crippen LogP contribution in [0.1, 0.15) is 37.0 Å². The minimum Gasteiger partial charge on any atom is -0.482 e. The second-order valence-corrected chi connectivity index (χ2v) is 6.67. The van der Waals surface area contributed by atoms with Gasteiger partial charge in [-0.25, -0.2) is 0 Å². The Hall–Kier alpha value is -2.37. The molecule has 0 aromatic heterocycles. The van der Waals surface area contributed by atoms with Crippen LogP contribution in [0.15, 0.2) is 18.2 Å². The second kappa shape index (κ2) is 6.63. The van der Waals surface area contributed by atoms with Gasteiger partial charge in [-0.15, -0.1) is 0 Å². The Morgan fingerprint density at radius 2 is 1.96 bits per heavy atom. The van der Waals surface area contributed by atoms with Gasteiger partial charge in [0.15, 0.2) is 12.4 Å². The van der Waals surface area contributed by atoms with Crippen molar-refractivity contribution in [3.63, 3.8) is 0 Å². The first kappa shape index (κ1) is 16.5. The van der Waals surface area contributed by atoms with Gasteiger partial charge in [-0.1, -0.05) is 13.8 Å². The molecule has 2 heterocycles. The van der Waals surface area contributed by atoms with Gasteiger partial charge >= 0.3 is 0 Å². The van der Waals surface area contributed by atoms with Crippen LogP contribution in [0.4, 0.5) is 5.69 Å². The maximum absolute atomic E-state index is 12.7. The number of carbonyl (C=O) groups excluding carboxylic acids is 3. The molecule has 1 aromatic carbocycles. The van der Waals surface area contributed by atoms with Crippen LogP contribution in [0.2, 0.25) is 0 Å². The van der Waals surface area contributed by atoms with E-state index in [4.69, 9.17) is 4.74 Å². The molecule has 1 N–H and O–H groups in total. The summed E-state index contributed by atoms with van der Waals surface area (Å²) < 4.78 is 5.31. The highest BCUT2D eigenvalue weighted by molar-refractivity contribution is 6.01. The summed E-state index contributed by atoms with van der Waals surface area (Å²) in [4.78, 5) is 38.0. The zero-order chi connectivity index (χ0) is 17.3. The molecule has 2 aliphatic rings. The minimum atomic E-state index is -0.215. The lowest BCUT2D eigenvalue weighted by molar-refractivity contribution is -0.135. The third-order valence-electron chi connectivity index (χ3n) is 4.57. The number of anilines is 1. The molecular weight excluding hydrogens is 308 g/mol. The Balaban J connectivity index is 1.67. The Bertz CT molecular complexity index is 676. The lowest BCUT2D eigenvalue weighted by Gasteiger charge is -2.32. The van der Waals surface area contributed by atoms with Crippen LogP contribution >= 0.6 is 0 Å². The number of rotatable bonds is 3. The van der Waals surface area contributed by atoms with Crippen molar-refractivity contribution in [3.8, 4) is 5.75 Å². The third-order valence-corrected chi connectivity index (χ3v) is 4.57. The fraction of sp³-hybridized carbons (Fsp3) is 0.500. The largest absolute Gasteiger partial charge is 0.482 e. The lowest BCUT2D eigenvalue weighted by atomic mass is 9.88. The molecule has 0 spiro atoms. The van der Waals surface area contributed by atoms with Gasteiger partial charge in [0, 0.05) is 30.5 Å². The summed E-state index contributed by atoms with van der Waals surface area (Å²) in [6.07, 6.45) is 1.36. The van der Waals surface area contributed by atoms with Gasteiger partial charge in [0.2, 0.25) is 5.91 Å². The average molecular weight is 330 g/mol. The molecule has 1 saturated heterocycles. The first-order valence-electron chi connectivity index (χ1n) is 8.35. The number of Topliss-reactive ketones (excluding diaryl/α,β-unsaturated/α-hetero) is 1. The fourth-order valence-electron chi connectivity index (χ4n) is 3.20. The van der Waals surface area contributed by atoms with Crippen LogP contribution in [0, 0.1) is 11.8 Å². The van der Waals surface area contributed by atoms with Crippen LogP contribution in [0.3, 0.4) is 0 Å². The van der Waals surface area contributed by atoms with Crippen LogP contribution < -0.4 is 10.1 Å². The number of piperidine rings is 1. The molecule has 6 heteroatoms. The maximum atomic E-state index is 12.7. The van der Waals surface area contributed by atoms with Crippen LogP contribution in [0.25, 0.3) is 0 Å². The molecular formula is C18H22N2O4. The standard InChI is InChI=1S/C18H22N2O4/c1-11(2)18(23)20-7-5-12(6-8-20)17(22)13-3-4-15-14(9-13)19-16(21)10-24-15/h3-4,9,11-12H,5-8,10H2,1-2H3,(H,19,21). The quantitative estimate of drug-likeness (QED) is 0.861. The van der Waals surface area contributed by atoms with Crippen molar-refractivity contribution in [1.29, 1.82) is 0 Å². The lowest BCUT2D eigenvalue weighted by Crippen LogP contribution is -2.42. The predicted molar refractivity (Wildman–Crippen MR) is 89.0 cm³/mol. The number of hydrogen-bond donors (Lipinski definition) is 1. The fourth-order valence-corrected chi connectivity index (χ4v) is 3.20. The molecule has 3 rings (SSSR count). The van der Waals surface area contributed by atoms with Gasteiger partial charge in [0.05, 0.1) is 5.69 Å². The van der Waals surface area contributed by atoms with E-state index in [0.717, 1.165) is 0 Å². The van der Waals surface area contributed by atoms with Crippen LogP contribution in [-0.4, -0.2) is 42.2 Å². The molecule has 2 aliphatic heterocycles. The van der Waals surface area contributed by atoms with Crippen LogP contribution in [0.5, 0.6) is 5.75 Å². The van der Waals surface area contributed by atoms with Gasteiger partial charge < -0.3 is 15.0 Å². The first-order valence-corrected chi connectivity index (χ1v) is 8.35. The van der Waals surface area contributed by atoms with Crippen molar-refractivity contribution in [2.45, 2.75) is 26.7 Å². The third kappa shape index (κ3) is 3.27. The number of hydrogen-bond acceptors (Lipinski definition) is 4. The van der Waals surface area contributed by atoms with Gasteiger partial charge in [-0.05, 0) is 31.0 Å². The molecule has 0 unspecified atom stereocenters. The molecule has 0 atom stereocenters. The minimum absolute atomic E-state index is 0.00261. The predicted octanol–water partition coefficient (Wildman–Crippen LogP) is 2.09. The van der Waals surface area contributed by atoms with Crippen molar-refractivity contribution >= 4 is 23.3 Å². The van der Waals surface area contributed by atoms with Crippen LogP contribution in [-0.2, 0) is 9.59 Å². The highest BCUT2D eigenvalue weighted by atomic mass is 16.5. The SMILES string of the molecule is CC(C)C(=O)N1CCC(C(=O)c2ccc3c(c2)NC(=O)CO3)CC1. The number of benzene rings is 1. The Morgan fingerprint density at radius 3 is 2.62 bits per heavy atom. The monoisotopic (exact) mass is 330 g/mol. The molecule has 0 saturated carbocycles. The first-order chi connectivity index (χ1) is 11.5. The van der Waals surface area contributed by atoms with E-state index in [1.807, 2.05) is 18.7 Å². The summed E-state index contributed by atoms with van der Waals surface area (Å²) in [6, 6.07) is 5.14. The number of likely N-dealkylation sites (tertiary alicyclic amines) is 1. The molecule has 128 valence electrons. The van der Waals surface area contributed by atoms with E-state index in [2.05, 4.69) is 5.32 Å². The van der Waals surface area contributed by atoms with Crippen molar-refractivity contribution in [2.24, 2.45) is 11.8 Å². The second-order valence-electron chi connectivity index (χ2n) is 6.67. The number of ketones is 1. The van der Waals surface area contributed by atoms with Gasteiger partial charge in [0.25, 0.3) is 5.91 Å². The number of nitrogens with zero attached hydrogens (tertiary/aromatic N) is 1. The molecule has 0 bridgehead atoms. The molecule has 6 nitrogen and oxygen atoms in total. The Kier molecular flexibility index (Phi) is 4.55. The van der Waals surface area contributed by atoms with E-state index in [0.29, 0.717) is 42.9 Å². The molecule has 24 heavy (non-hydrogen) atoms. The van der Waals surface area contributed by atoms with Crippen molar-refractivity contribution < 1.29 is 19.1 Å². The van der Waals surface area contributed by atoms with E-state index in [1.165, 1.54) is 0 Å². The van der Waals surface area contributed by atoms with E-state index in [-0.39, 0.29) is 36.0 Å². The van der Waals surface area contributed by atoms with Gasteiger partial charge in [-0.2, -0.15) is 0 Å². The summed E-state index contributed by atoms with van der Waals surface area (Å²) in [5.74, 6) is 0.487. The van der Waals surface area contributed by atoms with Gasteiger partial charge in [0.1, 0.15) is 5.75 Å². The zero-order valence-corrected chi connectivity index (χ0v) is 14.0. The van der Waals surface area contributed by atoms with Crippen molar-refractivity contribution in [1.82, 2.24) is 4.90 Å². The summed E-state index contributed by atoms with van der Waals surface area (Å²) in [6.45, 7) is 5.03. The smallest absolute Gasteiger partial charge is 0.262 e. The number of fused-ring (bicyclic) bond motifs is 1. The summed E-state index contributed by atoms with van der Waals surface area (Å²) in [5.41, 5.74) is 1.12. The van der Waals surface area contributed by atoms with Crippen molar-refractivity contribution in [3.05, 3.63) is 23.8 Å².